The number of H-pyrrole nitrogens is 1. The Morgan fingerprint density at radius 3 is 2.58 bits per heavy atom. The van der Waals surface area contributed by atoms with E-state index in [9.17, 15) is 13.6 Å². The second-order valence-corrected chi connectivity index (χ2v) is 3.16. The molecule has 5 heteroatoms. The largest absolute Gasteiger partial charge is 0.364 e. The molecule has 0 aliphatic rings. The monoisotopic (exact) mass is 237 g/mol. The Labute approximate surface area is 75.7 Å². The molecule has 12 heavy (non-hydrogen) atoms. The predicted octanol–water partition coefficient (Wildman–Crippen LogP) is 2.38. The average Bonchev–Trinajstić information content (AvgIpc) is 1.97. The van der Waals surface area contributed by atoms with Gasteiger partial charge in [0.1, 0.15) is 0 Å². The maximum absolute atomic E-state index is 12.2. The quantitative estimate of drug-likeness (QED) is 0.800. The molecule has 1 rings (SSSR count). The summed E-state index contributed by atoms with van der Waals surface area (Å²) in [7, 11) is 0. The fourth-order valence-corrected chi connectivity index (χ4v) is 1.20. The van der Waals surface area contributed by atoms with Crippen molar-refractivity contribution in [3.63, 3.8) is 0 Å². The van der Waals surface area contributed by atoms with Crippen molar-refractivity contribution in [1.29, 1.82) is 0 Å². The third kappa shape index (κ3) is 1.55. The van der Waals surface area contributed by atoms with Crippen LogP contribution in [0, 0.1) is 6.92 Å². The van der Waals surface area contributed by atoms with Crippen LogP contribution >= 0.6 is 15.9 Å². The Hall–Kier alpha value is -0.710. The molecule has 0 spiro atoms. The fraction of sp³-hybridized carbons (Fsp3) is 0.286. The van der Waals surface area contributed by atoms with Crippen molar-refractivity contribution in [3.8, 4) is 0 Å². The molecule has 0 atom stereocenters. The van der Waals surface area contributed by atoms with Gasteiger partial charge in [0, 0.05) is 11.9 Å². The van der Waals surface area contributed by atoms with Crippen LogP contribution in [0.2, 0.25) is 0 Å². The lowest BCUT2D eigenvalue weighted by Gasteiger charge is -2.03. The normalized spacial score (nSPS) is 10.8. The van der Waals surface area contributed by atoms with Crippen LogP contribution in [-0.4, -0.2) is 4.98 Å². The molecule has 0 radical (unpaired) electrons. The van der Waals surface area contributed by atoms with Crippen LogP contribution in [0.3, 0.4) is 0 Å². The Kier molecular flexibility index (Phi) is 2.62. The number of nitrogens with one attached hydrogen (secondary N) is 1. The maximum atomic E-state index is 12.2. The summed E-state index contributed by atoms with van der Waals surface area (Å²) in [5, 5.41) is 0. The van der Waals surface area contributed by atoms with Gasteiger partial charge in [-0.25, -0.2) is 8.78 Å². The molecule has 0 aliphatic heterocycles. The molecule has 1 aromatic rings. The molecular formula is C7H6BrF2NO. The minimum atomic E-state index is -2.73. The summed E-state index contributed by atoms with van der Waals surface area (Å²) in [6.45, 7) is 1.44. The van der Waals surface area contributed by atoms with Crippen LogP contribution in [0.1, 0.15) is 17.7 Å². The highest BCUT2D eigenvalue weighted by molar-refractivity contribution is 9.10. The van der Waals surface area contributed by atoms with E-state index in [1.807, 2.05) is 0 Å². The summed E-state index contributed by atoms with van der Waals surface area (Å²) in [6, 6.07) is 0. The molecule has 1 aromatic heterocycles. The lowest BCUT2D eigenvalue weighted by molar-refractivity contribution is 0.148. The minimum absolute atomic E-state index is 0.128. The molecule has 66 valence electrons. The summed E-state index contributed by atoms with van der Waals surface area (Å²) in [5.41, 5.74) is -0.913. The molecule has 0 saturated heterocycles. The third-order valence-electron chi connectivity index (χ3n) is 1.50. The third-order valence-corrected chi connectivity index (χ3v) is 2.09. The van der Waals surface area contributed by atoms with Crippen LogP contribution < -0.4 is 5.43 Å². The Balaban J connectivity index is 3.44. The van der Waals surface area contributed by atoms with Crippen molar-refractivity contribution in [1.82, 2.24) is 4.98 Å². The predicted molar refractivity (Wildman–Crippen MR) is 44.5 cm³/mol. The van der Waals surface area contributed by atoms with Gasteiger partial charge in [-0.05, 0) is 22.9 Å². The average molecular weight is 238 g/mol. The molecule has 0 fully saturated rings. The van der Waals surface area contributed by atoms with Crippen LogP contribution in [0.15, 0.2) is 15.5 Å². The van der Waals surface area contributed by atoms with Crippen molar-refractivity contribution in [2.24, 2.45) is 0 Å². The molecule has 0 saturated carbocycles. The van der Waals surface area contributed by atoms with Crippen LogP contribution in [-0.2, 0) is 0 Å². The van der Waals surface area contributed by atoms with Gasteiger partial charge in [-0.3, -0.25) is 4.79 Å². The summed E-state index contributed by atoms with van der Waals surface area (Å²) >= 11 is 2.87. The number of halogens is 3. The molecule has 0 bridgehead atoms. The lowest BCUT2D eigenvalue weighted by atomic mass is 10.2. The lowest BCUT2D eigenvalue weighted by Crippen LogP contribution is -2.13. The van der Waals surface area contributed by atoms with E-state index in [4.69, 9.17) is 0 Å². The van der Waals surface area contributed by atoms with Gasteiger partial charge in [-0.15, -0.1) is 0 Å². The highest BCUT2D eigenvalue weighted by atomic mass is 79.9. The van der Waals surface area contributed by atoms with Gasteiger partial charge >= 0.3 is 0 Å². The molecule has 0 unspecified atom stereocenters. The van der Waals surface area contributed by atoms with E-state index in [1.54, 1.807) is 0 Å². The van der Waals surface area contributed by atoms with Gasteiger partial charge in [0.05, 0.1) is 10.0 Å². The smallest absolute Gasteiger partial charge is 0.269 e. The summed E-state index contributed by atoms with van der Waals surface area (Å²) < 4.78 is 24.6. The van der Waals surface area contributed by atoms with Crippen LogP contribution in [0.5, 0.6) is 0 Å². The van der Waals surface area contributed by atoms with Crippen molar-refractivity contribution >= 4 is 15.9 Å². The molecule has 2 nitrogen and oxygen atoms in total. The second-order valence-electron chi connectivity index (χ2n) is 2.31. The first kappa shape index (κ1) is 9.38. The number of alkyl halides is 2. The van der Waals surface area contributed by atoms with Crippen molar-refractivity contribution in [2.75, 3.05) is 0 Å². The van der Waals surface area contributed by atoms with Gasteiger partial charge in [0.15, 0.2) is 0 Å². The number of rotatable bonds is 1. The number of pyridine rings is 1. The van der Waals surface area contributed by atoms with E-state index in [0.717, 1.165) is 0 Å². The molecular weight excluding hydrogens is 232 g/mol. The second kappa shape index (κ2) is 3.35. The van der Waals surface area contributed by atoms with E-state index < -0.39 is 17.4 Å². The Morgan fingerprint density at radius 2 is 2.17 bits per heavy atom. The van der Waals surface area contributed by atoms with Gasteiger partial charge < -0.3 is 4.98 Å². The topological polar surface area (TPSA) is 32.9 Å². The van der Waals surface area contributed by atoms with Gasteiger partial charge in [0.25, 0.3) is 6.43 Å². The first-order valence-corrected chi connectivity index (χ1v) is 3.99. The number of aromatic nitrogens is 1. The highest BCUT2D eigenvalue weighted by Gasteiger charge is 2.16. The number of hydrogen-bond acceptors (Lipinski definition) is 1. The number of hydrogen-bond donors (Lipinski definition) is 1. The van der Waals surface area contributed by atoms with E-state index in [0.29, 0.717) is 0 Å². The van der Waals surface area contributed by atoms with Crippen molar-refractivity contribution < 1.29 is 8.78 Å². The molecule has 1 heterocycles. The van der Waals surface area contributed by atoms with Crippen molar-refractivity contribution in [3.05, 3.63) is 32.2 Å². The highest BCUT2D eigenvalue weighted by Crippen LogP contribution is 2.18. The molecule has 0 aliphatic carbocycles. The van der Waals surface area contributed by atoms with E-state index in [2.05, 4.69) is 20.9 Å². The number of aryl methyl sites for hydroxylation is 1. The zero-order valence-electron chi connectivity index (χ0n) is 6.20. The summed E-state index contributed by atoms with van der Waals surface area (Å²) in [6.07, 6.45) is -1.38. The minimum Gasteiger partial charge on any atom is -0.364 e. The Morgan fingerprint density at radius 1 is 1.58 bits per heavy atom. The number of aromatic amines is 1. The van der Waals surface area contributed by atoms with Gasteiger partial charge in [-0.2, -0.15) is 0 Å². The van der Waals surface area contributed by atoms with E-state index in [-0.39, 0.29) is 10.2 Å². The molecule has 0 amide bonds. The zero-order chi connectivity index (χ0) is 9.30. The maximum Gasteiger partial charge on any atom is 0.269 e. The SMILES string of the molecule is Cc1[nH]cc(Br)c(=O)c1C(F)F. The summed E-state index contributed by atoms with van der Waals surface area (Å²) in [4.78, 5) is 13.6. The standard InChI is InChI=1S/C7H6BrF2NO/c1-3-5(7(9)10)6(12)4(8)2-11-3/h2,7H,1H3,(H,11,12). The van der Waals surface area contributed by atoms with Gasteiger partial charge in [-0.1, -0.05) is 0 Å². The van der Waals surface area contributed by atoms with Crippen LogP contribution in [0.4, 0.5) is 8.78 Å². The first-order valence-electron chi connectivity index (χ1n) is 3.20. The van der Waals surface area contributed by atoms with Gasteiger partial charge in [0.2, 0.25) is 5.43 Å². The summed E-state index contributed by atoms with van der Waals surface area (Å²) in [5.74, 6) is 0. The van der Waals surface area contributed by atoms with Crippen LogP contribution in [0.25, 0.3) is 0 Å². The van der Waals surface area contributed by atoms with E-state index >= 15 is 0 Å². The Bertz CT molecular complexity index is 348. The van der Waals surface area contributed by atoms with Crippen molar-refractivity contribution in [2.45, 2.75) is 13.3 Å². The zero-order valence-corrected chi connectivity index (χ0v) is 7.78. The first-order chi connectivity index (χ1) is 5.54. The molecule has 0 aromatic carbocycles. The van der Waals surface area contributed by atoms with E-state index in [1.165, 1.54) is 13.1 Å². The molecule has 1 N–H and O–H groups in total. The fourth-order valence-electron chi connectivity index (χ4n) is 0.877.